The molecular formula is C24H20N2O2. The number of nitrogens with one attached hydrogen (secondary N) is 2. The van der Waals surface area contributed by atoms with E-state index in [1.165, 1.54) is 0 Å². The average Bonchev–Trinajstić information content (AvgIpc) is 3.36. The fraction of sp³-hybridized carbons (Fsp3) is 0.0833. The first kappa shape index (κ1) is 16.5. The summed E-state index contributed by atoms with van der Waals surface area (Å²) in [4.78, 5) is 7.00. The number of hydrogen-bond donors (Lipinski definition) is 2. The van der Waals surface area contributed by atoms with Crippen molar-refractivity contribution in [3.63, 3.8) is 0 Å². The molecule has 0 aliphatic rings. The van der Waals surface area contributed by atoms with Crippen molar-refractivity contribution < 1.29 is 9.47 Å². The molecule has 0 unspecified atom stereocenters. The Morgan fingerprint density at radius 3 is 1.54 bits per heavy atom. The maximum atomic E-state index is 5.33. The highest BCUT2D eigenvalue weighted by Crippen LogP contribution is 2.31. The molecule has 0 amide bonds. The van der Waals surface area contributed by atoms with E-state index >= 15 is 0 Å². The summed E-state index contributed by atoms with van der Waals surface area (Å²) >= 11 is 0. The van der Waals surface area contributed by atoms with Crippen LogP contribution in [0.15, 0.2) is 72.8 Å². The minimum Gasteiger partial charge on any atom is -0.497 e. The molecule has 0 fully saturated rings. The Kier molecular flexibility index (Phi) is 3.83. The van der Waals surface area contributed by atoms with Gasteiger partial charge in [-0.05, 0) is 65.7 Å². The predicted molar refractivity (Wildman–Crippen MR) is 114 cm³/mol. The molecule has 3 aromatic carbocycles. The number of H-pyrrole nitrogens is 2. The summed E-state index contributed by atoms with van der Waals surface area (Å²) in [5, 5.41) is 2.27. The van der Waals surface area contributed by atoms with Gasteiger partial charge >= 0.3 is 0 Å². The Balaban J connectivity index is 1.56. The molecular weight excluding hydrogens is 348 g/mol. The second kappa shape index (κ2) is 6.50. The Bertz CT molecular complexity index is 1200. The van der Waals surface area contributed by atoms with Crippen LogP contribution in [0.3, 0.4) is 0 Å². The van der Waals surface area contributed by atoms with Crippen LogP contribution in [0.1, 0.15) is 0 Å². The van der Waals surface area contributed by atoms with Crippen LogP contribution in [0.5, 0.6) is 11.5 Å². The predicted octanol–water partition coefficient (Wildman–Crippen LogP) is 6.00. The van der Waals surface area contributed by atoms with Crippen LogP contribution in [0.2, 0.25) is 0 Å². The zero-order valence-corrected chi connectivity index (χ0v) is 15.7. The third kappa shape index (κ3) is 2.79. The maximum Gasteiger partial charge on any atom is 0.119 e. The monoisotopic (exact) mass is 368 g/mol. The molecule has 0 saturated carbocycles. The van der Waals surface area contributed by atoms with Gasteiger partial charge in [-0.2, -0.15) is 0 Å². The van der Waals surface area contributed by atoms with Crippen LogP contribution >= 0.6 is 0 Å². The minimum absolute atomic E-state index is 0.861. The van der Waals surface area contributed by atoms with E-state index in [0.29, 0.717) is 0 Å². The van der Waals surface area contributed by atoms with Gasteiger partial charge in [0.1, 0.15) is 11.5 Å². The largest absolute Gasteiger partial charge is 0.497 e. The summed E-state index contributed by atoms with van der Waals surface area (Å²) < 4.78 is 10.7. The number of aromatic nitrogens is 2. The van der Waals surface area contributed by atoms with Crippen molar-refractivity contribution in [3.8, 4) is 34.0 Å². The lowest BCUT2D eigenvalue weighted by molar-refractivity contribution is 0.415. The van der Waals surface area contributed by atoms with Gasteiger partial charge in [0.15, 0.2) is 0 Å². The molecule has 2 aromatic heterocycles. The van der Waals surface area contributed by atoms with Crippen molar-refractivity contribution in [3.05, 3.63) is 72.8 Å². The van der Waals surface area contributed by atoms with Crippen LogP contribution < -0.4 is 9.47 Å². The number of benzene rings is 3. The molecule has 0 aliphatic heterocycles. The van der Waals surface area contributed by atoms with Crippen LogP contribution in [-0.4, -0.2) is 24.2 Å². The lowest BCUT2D eigenvalue weighted by atomic mass is 10.1. The first-order valence-corrected chi connectivity index (χ1v) is 9.18. The molecule has 0 saturated heterocycles. The lowest BCUT2D eigenvalue weighted by Gasteiger charge is -2.02. The summed E-state index contributed by atoms with van der Waals surface area (Å²) in [5.41, 5.74) is 6.65. The van der Waals surface area contributed by atoms with Gasteiger partial charge in [0.2, 0.25) is 0 Å². The molecule has 4 nitrogen and oxygen atoms in total. The third-order valence-corrected chi connectivity index (χ3v) is 5.14. The first-order valence-electron chi connectivity index (χ1n) is 9.18. The standard InChI is InChI=1S/C24H20N2O2/c1-27-19-6-8-21-17(11-19)13-23(25-21)15-4-3-5-16(10-15)24-14-18-12-20(28-2)7-9-22(18)26-24/h3-14,25-26H,1-2H3. The second-order valence-electron chi connectivity index (χ2n) is 6.85. The number of ether oxygens (including phenoxy) is 2. The molecule has 2 N–H and O–H groups in total. The average molecular weight is 368 g/mol. The van der Waals surface area contributed by atoms with Crippen molar-refractivity contribution in [1.82, 2.24) is 9.97 Å². The number of methoxy groups -OCH3 is 2. The van der Waals surface area contributed by atoms with E-state index in [1.807, 2.05) is 36.4 Å². The van der Waals surface area contributed by atoms with Crippen molar-refractivity contribution in [2.75, 3.05) is 14.2 Å². The highest BCUT2D eigenvalue weighted by atomic mass is 16.5. The van der Waals surface area contributed by atoms with Crippen molar-refractivity contribution in [2.45, 2.75) is 0 Å². The van der Waals surface area contributed by atoms with E-state index in [-0.39, 0.29) is 0 Å². The Hall–Kier alpha value is -3.66. The second-order valence-corrected chi connectivity index (χ2v) is 6.85. The molecule has 4 heteroatoms. The number of rotatable bonds is 4. The van der Waals surface area contributed by atoms with Gasteiger partial charge in [-0.1, -0.05) is 18.2 Å². The molecule has 0 bridgehead atoms. The molecule has 5 rings (SSSR count). The van der Waals surface area contributed by atoms with Crippen molar-refractivity contribution in [1.29, 1.82) is 0 Å². The topological polar surface area (TPSA) is 50.0 Å². The normalized spacial score (nSPS) is 11.2. The minimum atomic E-state index is 0.861. The lowest BCUT2D eigenvalue weighted by Crippen LogP contribution is -1.81. The first-order chi connectivity index (χ1) is 13.7. The number of aromatic amines is 2. The molecule has 28 heavy (non-hydrogen) atoms. The fourth-order valence-corrected chi connectivity index (χ4v) is 3.64. The summed E-state index contributed by atoms with van der Waals surface area (Å²) in [5.74, 6) is 1.72. The molecule has 0 atom stereocenters. The van der Waals surface area contributed by atoms with Crippen LogP contribution in [0.25, 0.3) is 44.3 Å². The maximum absolute atomic E-state index is 5.33. The van der Waals surface area contributed by atoms with Crippen LogP contribution in [0, 0.1) is 0 Å². The summed E-state index contributed by atoms with van der Waals surface area (Å²) in [6.45, 7) is 0. The van der Waals surface area contributed by atoms with Gasteiger partial charge < -0.3 is 19.4 Å². The van der Waals surface area contributed by atoms with E-state index < -0.39 is 0 Å². The zero-order chi connectivity index (χ0) is 19.1. The summed E-state index contributed by atoms with van der Waals surface area (Å²) in [7, 11) is 3.38. The van der Waals surface area contributed by atoms with Gasteiger partial charge in [-0.3, -0.25) is 0 Å². The molecule has 0 aliphatic carbocycles. The highest BCUT2D eigenvalue weighted by molar-refractivity contribution is 5.89. The Morgan fingerprint density at radius 1 is 0.571 bits per heavy atom. The highest BCUT2D eigenvalue weighted by Gasteiger charge is 2.08. The Labute approximate surface area is 162 Å². The number of hydrogen-bond acceptors (Lipinski definition) is 2. The van der Waals surface area contributed by atoms with E-state index in [0.717, 1.165) is 55.8 Å². The third-order valence-electron chi connectivity index (χ3n) is 5.14. The smallest absolute Gasteiger partial charge is 0.119 e. The van der Waals surface area contributed by atoms with E-state index in [4.69, 9.17) is 9.47 Å². The zero-order valence-electron chi connectivity index (χ0n) is 15.7. The SMILES string of the molecule is COc1ccc2[nH]c(-c3cccc(-c4cc5cc(OC)ccc5[nH]4)c3)cc2c1. The van der Waals surface area contributed by atoms with Gasteiger partial charge in [0.05, 0.1) is 14.2 Å². The van der Waals surface area contributed by atoms with E-state index in [2.05, 4.69) is 46.4 Å². The molecule has 2 heterocycles. The van der Waals surface area contributed by atoms with Gasteiger partial charge in [0.25, 0.3) is 0 Å². The fourth-order valence-electron chi connectivity index (χ4n) is 3.64. The quantitative estimate of drug-likeness (QED) is 0.409. The van der Waals surface area contributed by atoms with Crippen LogP contribution in [-0.2, 0) is 0 Å². The van der Waals surface area contributed by atoms with Crippen LogP contribution in [0.4, 0.5) is 0 Å². The molecule has 5 aromatic rings. The summed E-state index contributed by atoms with van der Waals surface area (Å²) in [6.07, 6.45) is 0. The summed E-state index contributed by atoms with van der Waals surface area (Å²) in [6, 6.07) is 25.0. The van der Waals surface area contributed by atoms with Gasteiger partial charge in [-0.25, -0.2) is 0 Å². The van der Waals surface area contributed by atoms with Gasteiger partial charge in [0, 0.05) is 33.2 Å². The van der Waals surface area contributed by atoms with Crippen molar-refractivity contribution in [2.24, 2.45) is 0 Å². The Morgan fingerprint density at radius 2 is 1.07 bits per heavy atom. The van der Waals surface area contributed by atoms with E-state index in [1.54, 1.807) is 14.2 Å². The number of fused-ring (bicyclic) bond motifs is 2. The molecule has 138 valence electrons. The molecule has 0 spiro atoms. The van der Waals surface area contributed by atoms with Crippen molar-refractivity contribution >= 4 is 21.8 Å². The van der Waals surface area contributed by atoms with Gasteiger partial charge in [-0.15, -0.1) is 0 Å². The molecule has 0 radical (unpaired) electrons. The van der Waals surface area contributed by atoms with E-state index in [9.17, 15) is 0 Å².